The van der Waals surface area contributed by atoms with Crippen molar-refractivity contribution in [3.8, 4) is 0 Å². The van der Waals surface area contributed by atoms with Gasteiger partial charge in [0, 0.05) is 12.8 Å². The maximum Gasteiger partial charge on any atom is 0.306 e. The number of rotatable bonds is 13. The third-order valence-corrected chi connectivity index (χ3v) is 3.48. The van der Waals surface area contributed by atoms with Gasteiger partial charge in [-0.1, -0.05) is 52.9 Å². The number of carboxylic acids is 1. The summed E-state index contributed by atoms with van der Waals surface area (Å²) < 4.78 is 5.21. The van der Waals surface area contributed by atoms with E-state index in [2.05, 4.69) is 6.92 Å². The van der Waals surface area contributed by atoms with Gasteiger partial charge in [0.2, 0.25) is 0 Å². The number of ether oxygens (including phenoxy) is 1. The second kappa shape index (κ2) is 12.7. The zero-order chi connectivity index (χ0) is 16.1. The van der Waals surface area contributed by atoms with Gasteiger partial charge in [-0.05, 0) is 24.7 Å². The van der Waals surface area contributed by atoms with Gasteiger partial charge in [-0.15, -0.1) is 0 Å². The molecule has 0 heterocycles. The van der Waals surface area contributed by atoms with E-state index in [0.717, 1.165) is 19.3 Å². The lowest BCUT2D eigenvalue weighted by molar-refractivity contribution is -0.145. The van der Waals surface area contributed by atoms with Gasteiger partial charge in [0.05, 0.1) is 6.61 Å². The molecule has 0 rings (SSSR count). The Morgan fingerprint density at radius 1 is 1.00 bits per heavy atom. The Morgan fingerprint density at radius 3 is 2.19 bits per heavy atom. The predicted molar refractivity (Wildman–Crippen MR) is 84.1 cm³/mol. The van der Waals surface area contributed by atoms with Crippen molar-refractivity contribution in [3.63, 3.8) is 0 Å². The molecule has 1 unspecified atom stereocenters. The summed E-state index contributed by atoms with van der Waals surface area (Å²) in [6.45, 7) is 6.73. The molecule has 0 fully saturated rings. The Balaban J connectivity index is 3.79. The number of carboxylic acid groups (broad SMARTS) is 1. The van der Waals surface area contributed by atoms with Crippen LogP contribution >= 0.6 is 0 Å². The first-order valence-electron chi connectivity index (χ1n) is 8.33. The molecule has 0 aliphatic carbocycles. The molecule has 0 radical (unpaired) electrons. The fourth-order valence-electron chi connectivity index (χ4n) is 2.52. The summed E-state index contributed by atoms with van der Waals surface area (Å²) in [4.78, 5) is 22.5. The smallest absolute Gasteiger partial charge is 0.306 e. The standard InChI is InChI=1S/C17H32O4/c1-4-5-6-7-8-9-10-21-17(20)13-15(11-14(2)3)12-16(18)19/h14-15H,4-13H2,1-3H3,(H,18,19). The molecule has 0 amide bonds. The Bertz CT molecular complexity index is 287. The molecule has 0 saturated heterocycles. The summed E-state index contributed by atoms with van der Waals surface area (Å²) in [5, 5.41) is 8.87. The Labute approximate surface area is 129 Å². The molecule has 21 heavy (non-hydrogen) atoms. The molecule has 4 heteroatoms. The lowest BCUT2D eigenvalue weighted by Crippen LogP contribution is -2.17. The van der Waals surface area contributed by atoms with E-state index in [1.165, 1.54) is 25.7 Å². The fraction of sp³-hybridized carbons (Fsp3) is 0.882. The molecule has 4 nitrogen and oxygen atoms in total. The van der Waals surface area contributed by atoms with Crippen molar-refractivity contribution < 1.29 is 19.4 Å². The van der Waals surface area contributed by atoms with E-state index in [-0.39, 0.29) is 24.7 Å². The summed E-state index contributed by atoms with van der Waals surface area (Å²) in [5.41, 5.74) is 0. The summed E-state index contributed by atoms with van der Waals surface area (Å²) >= 11 is 0. The van der Waals surface area contributed by atoms with Crippen molar-refractivity contribution in [1.29, 1.82) is 0 Å². The molecule has 0 bridgehead atoms. The van der Waals surface area contributed by atoms with Crippen LogP contribution in [0.5, 0.6) is 0 Å². The molecule has 1 N–H and O–H groups in total. The second-order valence-electron chi connectivity index (χ2n) is 6.29. The quantitative estimate of drug-likeness (QED) is 0.404. The van der Waals surface area contributed by atoms with Gasteiger partial charge in [-0.25, -0.2) is 0 Å². The van der Waals surface area contributed by atoms with E-state index in [4.69, 9.17) is 9.84 Å². The first-order valence-corrected chi connectivity index (χ1v) is 8.33. The highest BCUT2D eigenvalue weighted by atomic mass is 16.5. The molecule has 0 aliphatic rings. The average molecular weight is 300 g/mol. The van der Waals surface area contributed by atoms with Crippen LogP contribution in [0.1, 0.15) is 78.6 Å². The first kappa shape index (κ1) is 19.9. The van der Waals surface area contributed by atoms with Crippen LogP contribution in [0.25, 0.3) is 0 Å². The molecule has 0 saturated carbocycles. The third-order valence-electron chi connectivity index (χ3n) is 3.48. The van der Waals surface area contributed by atoms with Gasteiger partial charge in [0.15, 0.2) is 0 Å². The predicted octanol–water partition coefficient (Wildman–Crippen LogP) is 4.42. The Kier molecular flexibility index (Phi) is 12.0. The molecule has 0 aromatic heterocycles. The van der Waals surface area contributed by atoms with E-state index in [1.807, 2.05) is 13.8 Å². The maximum atomic E-state index is 11.7. The minimum absolute atomic E-state index is 0.0459. The summed E-state index contributed by atoms with van der Waals surface area (Å²) in [6, 6.07) is 0. The highest BCUT2D eigenvalue weighted by Crippen LogP contribution is 2.20. The zero-order valence-electron chi connectivity index (χ0n) is 13.9. The molecule has 0 aromatic carbocycles. The van der Waals surface area contributed by atoms with E-state index in [1.54, 1.807) is 0 Å². The molecule has 0 spiro atoms. The van der Waals surface area contributed by atoms with Gasteiger partial charge in [0.25, 0.3) is 0 Å². The van der Waals surface area contributed by atoms with Gasteiger partial charge >= 0.3 is 11.9 Å². The molecule has 0 aliphatic heterocycles. The summed E-state index contributed by atoms with van der Waals surface area (Å²) in [7, 11) is 0. The van der Waals surface area contributed by atoms with Crippen molar-refractivity contribution >= 4 is 11.9 Å². The highest BCUT2D eigenvalue weighted by Gasteiger charge is 2.19. The zero-order valence-corrected chi connectivity index (χ0v) is 13.9. The number of hydrogen-bond donors (Lipinski definition) is 1. The normalized spacial score (nSPS) is 12.4. The van der Waals surface area contributed by atoms with Crippen LogP contribution in [0.4, 0.5) is 0 Å². The molecule has 124 valence electrons. The second-order valence-corrected chi connectivity index (χ2v) is 6.29. The number of hydrogen-bond acceptors (Lipinski definition) is 3. The maximum absolute atomic E-state index is 11.7. The average Bonchev–Trinajstić information content (AvgIpc) is 2.36. The van der Waals surface area contributed by atoms with Crippen LogP contribution in [-0.4, -0.2) is 23.7 Å². The lowest BCUT2D eigenvalue weighted by atomic mass is 9.91. The molecule has 0 aromatic rings. The van der Waals surface area contributed by atoms with Crippen LogP contribution in [0, 0.1) is 11.8 Å². The summed E-state index contributed by atoms with van der Waals surface area (Å²) in [6.07, 6.45) is 7.96. The van der Waals surface area contributed by atoms with Crippen molar-refractivity contribution in [3.05, 3.63) is 0 Å². The van der Waals surface area contributed by atoms with Crippen molar-refractivity contribution in [2.75, 3.05) is 6.61 Å². The lowest BCUT2D eigenvalue weighted by Gasteiger charge is -2.16. The Hall–Kier alpha value is -1.06. The number of carbonyl (C=O) groups excluding carboxylic acids is 1. The molecular weight excluding hydrogens is 268 g/mol. The van der Waals surface area contributed by atoms with Crippen molar-refractivity contribution in [1.82, 2.24) is 0 Å². The van der Waals surface area contributed by atoms with Crippen LogP contribution in [0.15, 0.2) is 0 Å². The van der Waals surface area contributed by atoms with E-state index >= 15 is 0 Å². The molecule has 1 atom stereocenters. The first-order chi connectivity index (χ1) is 9.95. The molecular formula is C17H32O4. The van der Waals surface area contributed by atoms with Gasteiger partial charge in [-0.3, -0.25) is 9.59 Å². The Morgan fingerprint density at radius 2 is 1.62 bits per heavy atom. The minimum atomic E-state index is -0.843. The van der Waals surface area contributed by atoms with Crippen LogP contribution in [0.2, 0.25) is 0 Å². The van der Waals surface area contributed by atoms with Gasteiger partial charge < -0.3 is 9.84 Å². The minimum Gasteiger partial charge on any atom is -0.481 e. The number of esters is 1. The third kappa shape index (κ3) is 13.7. The van der Waals surface area contributed by atoms with E-state index in [9.17, 15) is 9.59 Å². The van der Waals surface area contributed by atoms with E-state index in [0.29, 0.717) is 12.5 Å². The van der Waals surface area contributed by atoms with Crippen molar-refractivity contribution in [2.24, 2.45) is 11.8 Å². The van der Waals surface area contributed by atoms with Crippen LogP contribution in [-0.2, 0) is 14.3 Å². The van der Waals surface area contributed by atoms with Crippen molar-refractivity contribution in [2.45, 2.75) is 78.6 Å². The SMILES string of the molecule is CCCCCCCCOC(=O)CC(CC(=O)O)CC(C)C. The van der Waals surface area contributed by atoms with Gasteiger partial charge in [-0.2, -0.15) is 0 Å². The fourth-order valence-corrected chi connectivity index (χ4v) is 2.52. The van der Waals surface area contributed by atoms with E-state index < -0.39 is 5.97 Å². The number of aliphatic carboxylic acids is 1. The highest BCUT2D eigenvalue weighted by molar-refractivity contribution is 5.72. The number of unbranched alkanes of at least 4 members (excludes halogenated alkanes) is 5. The van der Waals surface area contributed by atoms with Gasteiger partial charge in [0.1, 0.15) is 0 Å². The largest absolute Gasteiger partial charge is 0.481 e. The monoisotopic (exact) mass is 300 g/mol. The van der Waals surface area contributed by atoms with Crippen LogP contribution in [0.3, 0.4) is 0 Å². The topological polar surface area (TPSA) is 63.6 Å². The summed E-state index contributed by atoms with van der Waals surface area (Å²) in [5.74, 6) is -0.819. The van der Waals surface area contributed by atoms with Crippen LogP contribution < -0.4 is 0 Å². The number of carbonyl (C=O) groups is 2.